The number of carbonyl (C=O) groups excluding carboxylic acids is 1. The van der Waals surface area contributed by atoms with E-state index < -0.39 is 0 Å². The largest absolute Gasteiger partial charge is 0.352 e. The zero-order valence-electron chi connectivity index (χ0n) is 13.6. The van der Waals surface area contributed by atoms with Gasteiger partial charge in [0.2, 0.25) is 5.91 Å². The van der Waals surface area contributed by atoms with Crippen molar-refractivity contribution in [3.05, 3.63) is 0 Å². The zero-order valence-corrected chi connectivity index (χ0v) is 15.3. The van der Waals surface area contributed by atoms with E-state index in [1.54, 1.807) is 0 Å². The molecule has 1 atom stereocenters. The second-order valence-corrected chi connectivity index (χ2v) is 6.21. The highest BCUT2D eigenvalue weighted by Gasteiger charge is 2.22. The number of unbranched alkanes of at least 4 members (excludes halogenated alkanes) is 1. The van der Waals surface area contributed by atoms with Crippen LogP contribution in [-0.2, 0) is 4.79 Å². The van der Waals surface area contributed by atoms with Crippen LogP contribution in [0.3, 0.4) is 0 Å². The summed E-state index contributed by atoms with van der Waals surface area (Å²) in [5, 5.41) is 3.11. The van der Waals surface area contributed by atoms with E-state index in [4.69, 9.17) is 5.73 Å². The van der Waals surface area contributed by atoms with Crippen LogP contribution in [-0.4, -0.2) is 42.5 Å². The molecule has 1 aliphatic rings. The number of nitrogens with one attached hydrogen (secondary N) is 1. The van der Waals surface area contributed by atoms with Crippen LogP contribution in [0.15, 0.2) is 0 Å². The first-order valence-corrected chi connectivity index (χ1v) is 7.81. The van der Waals surface area contributed by atoms with Crippen molar-refractivity contribution < 1.29 is 4.79 Å². The van der Waals surface area contributed by atoms with E-state index in [-0.39, 0.29) is 36.8 Å². The van der Waals surface area contributed by atoms with Crippen molar-refractivity contribution in [3.63, 3.8) is 0 Å². The predicted octanol–water partition coefficient (Wildman–Crippen LogP) is 2.58. The van der Waals surface area contributed by atoms with Gasteiger partial charge in [-0.2, -0.15) is 0 Å². The summed E-state index contributed by atoms with van der Waals surface area (Å²) in [5.41, 5.74) is 5.91. The number of likely N-dealkylation sites (tertiary alicyclic amines) is 1. The van der Waals surface area contributed by atoms with Crippen molar-refractivity contribution in [3.8, 4) is 0 Å². The first-order chi connectivity index (χ1) is 9.02. The molecule has 1 fully saturated rings. The van der Waals surface area contributed by atoms with Gasteiger partial charge in [-0.05, 0) is 38.1 Å². The van der Waals surface area contributed by atoms with E-state index in [0.717, 1.165) is 32.4 Å². The fourth-order valence-corrected chi connectivity index (χ4v) is 2.61. The van der Waals surface area contributed by atoms with Gasteiger partial charge in [-0.3, -0.25) is 4.79 Å². The molecule has 0 aliphatic carbocycles. The number of halogens is 2. The van der Waals surface area contributed by atoms with Crippen LogP contribution in [0.2, 0.25) is 0 Å². The lowest BCUT2D eigenvalue weighted by atomic mass is 10.0. The molecule has 1 heterocycles. The third-order valence-corrected chi connectivity index (χ3v) is 3.82. The number of amides is 1. The Bertz CT molecular complexity index is 270. The lowest BCUT2D eigenvalue weighted by molar-refractivity contribution is -0.123. The number of hydrogen-bond donors (Lipinski definition) is 2. The average molecular weight is 342 g/mol. The van der Waals surface area contributed by atoms with E-state index in [9.17, 15) is 4.79 Å². The lowest BCUT2D eigenvalue weighted by Gasteiger charge is -2.32. The number of piperidine rings is 1. The molecule has 0 bridgehead atoms. The molecule has 0 aromatic rings. The monoisotopic (exact) mass is 341 g/mol. The van der Waals surface area contributed by atoms with Gasteiger partial charge in [0.05, 0.1) is 6.04 Å². The normalized spacial score (nSPS) is 17.8. The average Bonchev–Trinajstić information content (AvgIpc) is 2.37. The second-order valence-electron chi connectivity index (χ2n) is 6.21. The fraction of sp³-hybridized carbons (Fsp3) is 0.933. The molecule has 0 unspecified atom stereocenters. The van der Waals surface area contributed by atoms with Crippen LogP contribution in [0.25, 0.3) is 0 Å². The van der Waals surface area contributed by atoms with Crippen molar-refractivity contribution in [2.24, 2.45) is 11.7 Å². The molecule has 128 valence electrons. The van der Waals surface area contributed by atoms with E-state index >= 15 is 0 Å². The maximum atomic E-state index is 12.0. The highest BCUT2D eigenvalue weighted by atomic mass is 35.5. The Morgan fingerprint density at radius 3 is 2.33 bits per heavy atom. The summed E-state index contributed by atoms with van der Waals surface area (Å²) < 4.78 is 0. The standard InChI is InChI=1S/C15H31N3O.2ClH/c1-4-5-8-18-9-6-13(7-10-18)17-15(19)14(16)11-12(2)3;;/h12-14H,4-11,16H2,1-3H3,(H,17,19);2*1H/t14-;;/m0../s1. The summed E-state index contributed by atoms with van der Waals surface area (Å²) in [6, 6.07) is -0.0262. The summed E-state index contributed by atoms with van der Waals surface area (Å²) in [6.07, 6.45) is 5.41. The van der Waals surface area contributed by atoms with E-state index in [0.29, 0.717) is 12.0 Å². The Labute approximate surface area is 142 Å². The molecule has 6 heteroatoms. The maximum Gasteiger partial charge on any atom is 0.237 e. The molecule has 3 N–H and O–H groups in total. The predicted molar refractivity (Wildman–Crippen MR) is 94.4 cm³/mol. The van der Waals surface area contributed by atoms with Crippen molar-refractivity contribution in [2.75, 3.05) is 19.6 Å². The Balaban J connectivity index is 0. The van der Waals surface area contributed by atoms with Crippen LogP contribution in [0, 0.1) is 5.92 Å². The summed E-state index contributed by atoms with van der Waals surface area (Å²) in [4.78, 5) is 14.5. The van der Waals surface area contributed by atoms with Crippen molar-refractivity contribution in [1.29, 1.82) is 0 Å². The molecule has 1 aliphatic heterocycles. The number of nitrogens with two attached hydrogens (primary N) is 1. The summed E-state index contributed by atoms with van der Waals surface area (Å²) in [7, 11) is 0. The number of hydrogen-bond acceptors (Lipinski definition) is 3. The van der Waals surface area contributed by atoms with Gasteiger partial charge < -0.3 is 16.0 Å². The van der Waals surface area contributed by atoms with Gasteiger partial charge in [0.1, 0.15) is 0 Å². The van der Waals surface area contributed by atoms with E-state index in [1.807, 2.05) is 0 Å². The SMILES string of the molecule is CCCCN1CCC(NC(=O)[C@@H](N)CC(C)C)CC1.Cl.Cl. The first kappa shape index (κ1) is 23.2. The van der Waals surface area contributed by atoms with E-state index in [1.165, 1.54) is 19.4 Å². The van der Waals surface area contributed by atoms with Gasteiger partial charge in [-0.15, -0.1) is 24.8 Å². The highest BCUT2D eigenvalue weighted by Crippen LogP contribution is 2.12. The molecule has 4 nitrogen and oxygen atoms in total. The van der Waals surface area contributed by atoms with Crippen molar-refractivity contribution in [2.45, 2.75) is 65.0 Å². The van der Waals surface area contributed by atoms with Crippen LogP contribution in [0.1, 0.15) is 52.9 Å². The molecule has 0 saturated carbocycles. The van der Waals surface area contributed by atoms with Crippen LogP contribution in [0.4, 0.5) is 0 Å². The Kier molecular flexibility index (Phi) is 13.8. The van der Waals surface area contributed by atoms with Crippen LogP contribution >= 0.6 is 24.8 Å². The van der Waals surface area contributed by atoms with Crippen LogP contribution < -0.4 is 11.1 Å². The minimum absolute atomic E-state index is 0. The summed E-state index contributed by atoms with van der Waals surface area (Å²) in [5.74, 6) is 0.498. The number of rotatable bonds is 7. The zero-order chi connectivity index (χ0) is 14.3. The molecule has 1 amide bonds. The highest BCUT2D eigenvalue weighted by molar-refractivity contribution is 5.85. The van der Waals surface area contributed by atoms with Crippen molar-refractivity contribution >= 4 is 30.7 Å². The third-order valence-electron chi connectivity index (χ3n) is 3.82. The van der Waals surface area contributed by atoms with Gasteiger partial charge in [0.15, 0.2) is 0 Å². The third kappa shape index (κ3) is 9.56. The van der Waals surface area contributed by atoms with Gasteiger partial charge in [0.25, 0.3) is 0 Å². The van der Waals surface area contributed by atoms with Gasteiger partial charge >= 0.3 is 0 Å². The van der Waals surface area contributed by atoms with Crippen LogP contribution in [0.5, 0.6) is 0 Å². The molecule has 1 rings (SSSR count). The molecule has 21 heavy (non-hydrogen) atoms. The molecule has 0 spiro atoms. The maximum absolute atomic E-state index is 12.0. The minimum Gasteiger partial charge on any atom is -0.352 e. The summed E-state index contributed by atoms with van der Waals surface area (Å²) in [6.45, 7) is 9.82. The van der Waals surface area contributed by atoms with Gasteiger partial charge in [0, 0.05) is 19.1 Å². The molecule has 0 aromatic heterocycles. The topological polar surface area (TPSA) is 58.4 Å². The Morgan fingerprint density at radius 2 is 1.86 bits per heavy atom. The lowest BCUT2D eigenvalue weighted by Crippen LogP contribution is -2.50. The molecule has 0 radical (unpaired) electrons. The Morgan fingerprint density at radius 1 is 1.29 bits per heavy atom. The molecular formula is C15H33Cl2N3O. The number of carbonyl (C=O) groups is 1. The molecule has 0 aromatic carbocycles. The van der Waals surface area contributed by atoms with E-state index in [2.05, 4.69) is 31.0 Å². The minimum atomic E-state index is -0.349. The quantitative estimate of drug-likeness (QED) is 0.748. The number of nitrogens with zero attached hydrogens (tertiary/aromatic N) is 1. The molecular weight excluding hydrogens is 309 g/mol. The first-order valence-electron chi connectivity index (χ1n) is 7.81. The van der Waals surface area contributed by atoms with Gasteiger partial charge in [-0.25, -0.2) is 0 Å². The fourth-order valence-electron chi connectivity index (χ4n) is 2.61. The second kappa shape index (κ2) is 12.5. The van der Waals surface area contributed by atoms with Crippen molar-refractivity contribution in [1.82, 2.24) is 10.2 Å². The smallest absolute Gasteiger partial charge is 0.237 e. The summed E-state index contributed by atoms with van der Waals surface area (Å²) >= 11 is 0. The van der Waals surface area contributed by atoms with Gasteiger partial charge in [-0.1, -0.05) is 27.2 Å². The Hall–Kier alpha value is -0.0300. The molecule has 1 saturated heterocycles.